The Bertz CT molecular complexity index is 983. The zero-order valence-corrected chi connectivity index (χ0v) is 18.4. The summed E-state index contributed by atoms with van der Waals surface area (Å²) in [5.74, 6) is 0.0362. The fourth-order valence-electron chi connectivity index (χ4n) is 4.35. The SMILES string of the molecule is COc1ccccc1N1CC(C(=O)NCc2ccc(C(=O)N3CCCCC3)cc2)CC1=O. The molecule has 0 bridgehead atoms. The topological polar surface area (TPSA) is 79.0 Å². The third kappa shape index (κ3) is 4.77. The lowest BCUT2D eigenvalue weighted by Gasteiger charge is -2.26. The fraction of sp³-hybridized carbons (Fsp3) is 0.400. The summed E-state index contributed by atoms with van der Waals surface area (Å²) in [5.41, 5.74) is 2.28. The lowest BCUT2D eigenvalue weighted by atomic mass is 10.1. The number of carbonyl (C=O) groups excluding carboxylic acids is 3. The molecule has 7 heteroatoms. The summed E-state index contributed by atoms with van der Waals surface area (Å²) in [7, 11) is 1.56. The van der Waals surface area contributed by atoms with E-state index in [-0.39, 0.29) is 24.1 Å². The molecule has 3 amide bonds. The predicted molar refractivity (Wildman–Crippen MR) is 121 cm³/mol. The Labute approximate surface area is 188 Å². The number of hydrogen-bond acceptors (Lipinski definition) is 4. The van der Waals surface area contributed by atoms with Crippen LogP contribution in [0.3, 0.4) is 0 Å². The second-order valence-corrected chi connectivity index (χ2v) is 8.34. The van der Waals surface area contributed by atoms with Crippen LogP contribution in [0.25, 0.3) is 0 Å². The van der Waals surface area contributed by atoms with E-state index in [2.05, 4.69) is 5.32 Å². The fourth-order valence-corrected chi connectivity index (χ4v) is 4.35. The van der Waals surface area contributed by atoms with Crippen LogP contribution in [0.1, 0.15) is 41.6 Å². The summed E-state index contributed by atoms with van der Waals surface area (Å²) < 4.78 is 5.35. The first kappa shape index (κ1) is 21.9. The largest absolute Gasteiger partial charge is 0.495 e. The molecule has 168 valence electrons. The van der Waals surface area contributed by atoms with Gasteiger partial charge in [0.15, 0.2) is 0 Å². The van der Waals surface area contributed by atoms with Crippen LogP contribution < -0.4 is 15.0 Å². The number of methoxy groups -OCH3 is 1. The molecule has 0 radical (unpaired) electrons. The minimum absolute atomic E-state index is 0.0705. The molecule has 2 aromatic carbocycles. The first-order chi connectivity index (χ1) is 15.6. The Morgan fingerprint density at radius 1 is 1.03 bits per heavy atom. The molecule has 1 unspecified atom stereocenters. The van der Waals surface area contributed by atoms with Gasteiger partial charge < -0.3 is 19.9 Å². The molecule has 0 spiro atoms. The Hall–Kier alpha value is -3.35. The third-order valence-electron chi connectivity index (χ3n) is 6.18. The average molecular weight is 436 g/mol. The summed E-state index contributed by atoms with van der Waals surface area (Å²) in [4.78, 5) is 41.3. The van der Waals surface area contributed by atoms with Gasteiger partial charge in [-0.25, -0.2) is 0 Å². The normalized spacial score (nSPS) is 18.5. The monoisotopic (exact) mass is 435 g/mol. The number of piperidine rings is 1. The molecule has 0 aromatic heterocycles. The van der Waals surface area contributed by atoms with Gasteiger partial charge in [-0.15, -0.1) is 0 Å². The molecule has 2 aliphatic rings. The van der Waals surface area contributed by atoms with Crippen molar-refractivity contribution in [1.82, 2.24) is 10.2 Å². The van der Waals surface area contributed by atoms with Gasteiger partial charge in [0.25, 0.3) is 5.91 Å². The Morgan fingerprint density at radius 3 is 2.47 bits per heavy atom. The van der Waals surface area contributed by atoms with Gasteiger partial charge >= 0.3 is 0 Å². The Kier molecular flexibility index (Phi) is 6.73. The van der Waals surface area contributed by atoms with E-state index < -0.39 is 5.92 Å². The highest BCUT2D eigenvalue weighted by Crippen LogP contribution is 2.32. The summed E-state index contributed by atoms with van der Waals surface area (Å²) >= 11 is 0. The maximum absolute atomic E-state index is 12.7. The van der Waals surface area contributed by atoms with Crippen LogP contribution in [0.4, 0.5) is 5.69 Å². The number of nitrogens with one attached hydrogen (secondary N) is 1. The third-order valence-corrected chi connectivity index (χ3v) is 6.18. The molecule has 32 heavy (non-hydrogen) atoms. The molecule has 2 heterocycles. The highest BCUT2D eigenvalue weighted by Gasteiger charge is 2.36. The van der Waals surface area contributed by atoms with Gasteiger partial charge in [0.1, 0.15) is 5.75 Å². The first-order valence-electron chi connectivity index (χ1n) is 11.2. The van der Waals surface area contributed by atoms with Gasteiger partial charge in [-0.2, -0.15) is 0 Å². The number of rotatable bonds is 6. The van der Waals surface area contributed by atoms with Crippen molar-refractivity contribution in [3.8, 4) is 5.75 Å². The molecule has 2 aliphatic heterocycles. The average Bonchev–Trinajstić information content (AvgIpc) is 3.24. The van der Waals surface area contributed by atoms with Crippen LogP contribution in [0, 0.1) is 5.92 Å². The standard InChI is InChI=1S/C25H29N3O4/c1-32-22-8-4-3-7-21(22)28-17-20(15-23(28)29)24(30)26-16-18-9-11-19(12-10-18)25(31)27-13-5-2-6-14-27/h3-4,7-12,20H,2,5-6,13-17H2,1H3,(H,26,30). The molecule has 2 fully saturated rings. The number of benzene rings is 2. The first-order valence-corrected chi connectivity index (χ1v) is 11.2. The van der Waals surface area contributed by atoms with E-state index in [0.717, 1.165) is 31.5 Å². The summed E-state index contributed by atoms with van der Waals surface area (Å²) in [6.45, 7) is 2.33. The summed E-state index contributed by atoms with van der Waals surface area (Å²) in [6, 6.07) is 14.7. The van der Waals surface area contributed by atoms with E-state index in [1.54, 1.807) is 18.1 Å². The van der Waals surface area contributed by atoms with Crippen molar-refractivity contribution >= 4 is 23.4 Å². The highest BCUT2D eigenvalue weighted by molar-refractivity contribution is 6.01. The molecule has 0 saturated carbocycles. The second-order valence-electron chi connectivity index (χ2n) is 8.34. The number of anilines is 1. The van der Waals surface area contributed by atoms with Crippen molar-refractivity contribution < 1.29 is 19.1 Å². The van der Waals surface area contributed by atoms with Gasteiger partial charge in [0, 0.05) is 38.2 Å². The lowest BCUT2D eigenvalue weighted by Crippen LogP contribution is -2.35. The van der Waals surface area contributed by atoms with Crippen molar-refractivity contribution in [2.45, 2.75) is 32.2 Å². The maximum Gasteiger partial charge on any atom is 0.253 e. The predicted octanol–water partition coefficient (Wildman–Crippen LogP) is 2.99. The van der Waals surface area contributed by atoms with Gasteiger partial charge in [-0.3, -0.25) is 14.4 Å². The van der Waals surface area contributed by atoms with Crippen LogP contribution in [-0.4, -0.2) is 49.4 Å². The quantitative estimate of drug-likeness (QED) is 0.757. The number of para-hydroxylation sites is 2. The molecule has 1 atom stereocenters. The highest BCUT2D eigenvalue weighted by atomic mass is 16.5. The van der Waals surface area contributed by atoms with Crippen LogP contribution in [0.5, 0.6) is 5.75 Å². The van der Waals surface area contributed by atoms with Crippen molar-refractivity contribution in [3.63, 3.8) is 0 Å². The lowest BCUT2D eigenvalue weighted by molar-refractivity contribution is -0.126. The van der Waals surface area contributed by atoms with E-state index in [1.165, 1.54) is 6.42 Å². The molecule has 0 aliphatic carbocycles. The number of likely N-dealkylation sites (tertiary alicyclic amines) is 1. The number of carbonyl (C=O) groups is 3. The Balaban J connectivity index is 1.32. The van der Waals surface area contributed by atoms with Crippen molar-refractivity contribution in [2.75, 3.05) is 31.6 Å². The van der Waals surface area contributed by atoms with Gasteiger partial charge in [-0.05, 0) is 49.1 Å². The van der Waals surface area contributed by atoms with Gasteiger partial charge in [-0.1, -0.05) is 24.3 Å². The summed E-state index contributed by atoms with van der Waals surface area (Å²) in [6.07, 6.45) is 3.49. The smallest absolute Gasteiger partial charge is 0.253 e. The summed E-state index contributed by atoms with van der Waals surface area (Å²) in [5, 5.41) is 2.93. The van der Waals surface area contributed by atoms with E-state index in [4.69, 9.17) is 4.74 Å². The second kappa shape index (κ2) is 9.85. The van der Waals surface area contributed by atoms with Crippen LogP contribution in [0.15, 0.2) is 48.5 Å². The van der Waals surface area contributed by atoms with Gasteiger partial charge in [0.2, 0.25) is 11.8 Å². The van der Waals surface area contributed by atoms with Gasteiger partial charge in [0.05, 0.1) is 18.7 Å². The number of nitrogens with zero attached hydrogens (tertiary/aromatic N) is 2. The van der Waals surface area contributed by atoms with Crippen LogP contribution in [0.2, 0.25) is 0 Å². The van der Waals surface area contributed by atoms with Crippen molar-refractivity contribution in [3.05, 3.63) is 59.7 Å². The maximum atomic E-state index is 12.7. The Morgan fingerprint density at radius 2 is 1.75 bits per heavy atom. The minimum Gasteiger partial charge on any atom is -0.495 e. The van der Waals surface area contributed by atoms with Crippen LogP contribution >= 0.6 is 0 Å². The molecule has 2 saturated heterocycles. The molecule has 7 nitrogen and oxygen atoms in total. The van der Waals surface area contributed by atoms with Crippen molar-refractivity contribution in [1.29, 1.82) is 0 Å². The van der Waals surface area contributed by atoms with Crippen LogP contribution in [-0.2, 0) is 16.1 Å². The zero-order valence-electron chi connectivity index (χ0n) is 18.4. The molecule has 4 rings (SSSR count). The number of hydrogen-bond donors (Lipinski definition) is 1. The minimum atomic E-state index is -0.410. The number of amides is 3. The van der Waals surface area contributed by atoms with E-state index >= 15 is 0 Å². The van der Waals surface area contributed by atoms with Crippen molar-refractivity contribution in [2.24, 2.45) is 5.92 Å². The van der Waals surface area contributed by atoms with E-state index in [9.17, 15) is 14.4 Å². The molecule has 1 N–H and O–H groups in total. The van der Waals surface area contributed by atoms with E-state index in [0.29, 0.717) is 30.1 Å². The molecular formula is C25H29N3O4. The van der Waals surface area contributed by atoms with E-state index in [1.807, 2.05) is 47.4 Å². The molecule has 2 aromatic rings. The zero-order chi connectivity index (χ0) is 22.5. The molecular weight excluding hydrogens is 406 g/mol. The number of ether oxygens (including phenoxy) is 1.